The SMILES string of the molecule is NC(c1ccc(F)c(F)c1)c1nc(-c2cc(F)cc(F)c2)cs1. The Bertz CT molecular complexity index is 843. The molecular formula is C16H10F4N2S. The lowest BCUT2D eigenvalue weighted by atomic mass is 10.1. The molecule has 0 spiro atoms. The van der Waals surface area contributed by atoms with Crippen molar-refractivity contribution in [1.29, 1.82) is 0 Å². The molecule has 23 heavy (non-hydrogen) atoms. The monoisotopic (exact) mass is 338 g/mol. The molecule has 7 heteroatoms. The number of hydrogen-bond donors (Lipinski definition) is 1. The van der Waals surface area contributed by atoms with Gasteiger partial charge < -0.3 is 5.73 Å². The Labute approximate surface area is 133 Å². The third-order valence-corrected chi connectivity index (χ3v) is 4.18. The normalized spacial score (nSPS) is 12.4. The summed E-state index contributed by atoms with van der Waals surface area (Å²) in [6.45, 7) is 0. The van der Waals surface area contributed by atoms with Crippen LogP contribution >= 0.6 is 11.3 Å². The van der Waals surface area contributed by atoms with Crippen LogP contribution in [0.25, 0.3) is 11.3 Å². The smallest absolute Gasteiger partial charge is 0.159 e. The van der Waals surface area contributed by atoms with E-state index in [2.05, 4.69) is 4.98 Å². The number of nitrogens with zero attached hydrogens (tertiary/aromatic N) is 1. The van der Waals surface area contributed by atoms with E-state index >= 15 is 0 Å². The molecule has 2 N–H and O–H groups in total. The van der Waals surface area contributed by atoms with E-state index in [4.69, 9.17) is 5.73 Å². The van der Waals surface area contributed by atoms with Crippen LogP contribution < -0.4 is 5.73 Å². The molecule has 0 radical (unpaired) electrons. The average Bonchev–Trinajstić information content (AvgIpc) is 2.98. The van der Waals surface area contributed by atoms with Gasteiger partial charge in [0.2, 0.25) is 0 Å². The Balaban J connectivity index is 1.93. The van der Waals surface area contributed by atoms with Gasteiger partial charge in [-0.3, -0.25) is 0 Å². The highest BCUT2D eigenvalue weighted by Gasteiger charge is 2.16. The summed E-state index contributed by atoms with van der Waals surface area (Å²) < 4.78 is 52.8. The van der Waals surface area contributed by atoms with Crippen molar-refractivity contribution in [2.24, 2.45) is 5.73 Å². The second kappa shape index (κ2) is 6.10. The molecule has 0 aliphatic carbocycles. The van der Waals surface area contributed by atoms with Crippen LogP contribution in [0.4, 0.5) is 17.6 Å². The summed E-state index contributed by atoms with van der Waals surface area (Å²) in [5.74, 6) is -3.38. The van der Waals surface area contributed by atoms with E-state index in [0.29, 0.717) is 16.3 Å². The lowest BCUT2D eigenvalue weighted by Crippen LogP contribution is -2.12. The minimum absolute atomic E-state index is 0.280. The van der Waals surface area contributed by atoms with E-state index in [1.54, 1.807) is 5.38 Å². The van der Waals surface area contributed by atoms with Gasteiger partial charge in [0.15, 0.2) is 11.6 Å². The van der Waals surface area contributed by atoms with Gasteiger partial charge >= 0.3 is 0 Å². The van der Waals surface area contributed by atoms with Gasteiger partial charge in [0.1, 0.15) is 16.6 Å². The zero-order valence-electron chi connectivity index (χ0n) is 11.6. The van der Waals surface area contributed by atoms with Crippen molar-refractivity contribution in [3.63, 3.8) is 0 Å². The van der Waals surface area contributed by atoms with E-state index in [1.807, 2.05) is 0 Å². The van der Waals surface area contributed by atoms with Crippen LogP contribution in [0.15, 0.2) is 41.8 Å². The van der Waals surface area contributed by atoms with Gasteiger partial charge in [-0.1, -0.05) is 6.07 Å². The molecule has 1 aromatic heterocycles. The van der Waals surface area contributed by atoms with E-state index < -0.39 is 29.3 Å². The molecule has 118 valence electrons. The maximum atomic E-state index is 13.3. The van der Waals surface area contributed by atoms with Crippen LogP contribution in [0, 0.1) is 23.3 Å². The first kappa shape index (κ1) is 15.6. The van der Waals surface area contributed by atoms with E-state index in [1.165, 1.54) is 17.4 Å². The zero-order valence-corrected chi connectivity index (χ0v) is 12.4. The summed E-state index contributed by atoms with van der Waals surface area (Å²) in [6.07, 6.45) is 0. The van der Waals surface area contributed by atoms with Crippen molar-refractivity contribution in [2.75, 3.05) is 0 Å². The molecule has 2 aromatic carbocycles. The second-order valence-electron chi connectivity index (χ2n) is 4.88. The van der Waals surface area contributed by atoms with Crippen LogP contribution in [0.1, 0.15) is 16.6 Å². The molecule has 0 bridgehead atoms. The summed E-state index contributed by atoms with van der Waals surface area (Å²) in [6, 6.07) is 5.68. The summed E-state index contributed by atoms with van der Waals surface area (Å²) in [7, 11) is 0. The van der Waals surface area contributed by atoms with Gasteiger partial charge in [-0.15, -0.1) is 11.3 Å². The predicted octanol–water partition coefficient (Wildman–Crippen LogP) is 4.41. The molecule has 3 rings (SSSR count). The molecule has 1 unspecified atom stereocenters. The highest BCUT2D eigenvalue weighted by Crippen LogP contribution is 2.29. The molecule has 0 aliphatic heterocycles. The molecule has 3 aromatic rings. The molecule has 0 saturated heterocycles. The maximum Gasteiger partial charge on any atom is 0.159 e. The number of rotatable bonds is 3. The molecule has 1 heterocycles. The molecule has 0 fully saturated rings. The van der Waals surface area contributed by atoms with Crippen molar-refractivity contribution >= 4 is 11.3 Å². The first-order chi connectivity index (χ1) is 10.9. The van der Waals surface area contributed by atoms with Gasteiger partial charge in [0.25, 0.3) is 0 Å². The number of benzene rings is 2. The number of thiazole rings is 1. The highest BCUT2D eigenvalue weighted by molar-refractivity contribution is 7.10. The lowest BCUT2D eigenvalue weighted by Gasteiger charge is -2.09. The number of hydrogen-bond acceptors (Lipinski definition) is 3. The Morgan fingerprint density at radius 1 is 0.913 bits per heavy atom. The largest absolute Gasteiger partial charge is 0.318 e. The van der Waals surface area contributed by atoms with Crippen LogP contribution in [0.2, 0.25) is 0 Å². The summed E-state index contributed by atoms with van der Waals surface area (Å²) >= 11 is 1.17. The quantitative estimate of drug-likeness (QED) is 0.718. The van der Waals surface area contributed by atoms with Crippen molar-refractivity contribution < 1.29 is 17.6 Å². The van der Waals surface area contributed by atoms with Crippen molar-refractivity contribution in [1.82, 2.24) is 4.98 Å². The van der Waals surface area contributed by atoms with E-state index in [0.717, 1.165) is 30.3 Å². The Kier molecular flexibility index (Phi) is 4.14. The fourth-order valence-electron chi connectivity index (χ4n) is 2.11. The third kappa shape index (κ3) is 3.25. The fraction of sp³-hybridized carbons (Fsp3) is 0.0625. The first-order valence-electron chi connectivity index (χ1n) is 6.56. The zero-order chi connectivity index (χ0) is 16.6. The van der Waals surface area contributed by atoms with Crippen LogP contribution in [-0.2, 0) is 0 Å². The molecule has 0 amide bonds. The molecule has 0 aliphatic rings. The Morgan fingerprint density at radius 3 is 2.26 bits per heavy atom. The van der Waals surface area contributed by atoms with Gasteiger partial charge in [0, 0.05) is 17.0 Å². The standard InChI is InChI=1S/C16H10F4N2S/c17-10-3-9(4-11(18)6-10)14-7-23-16(22-14)15(21)8-1-2-12(19)13(20)5-8/h1-7,15H,21H2. The second-order valence-corrected chi connectivity index (χ2v) is 5.77. The first-order valence-corrected chi connectivity index (χ1v) is 7.44. The Morgan fingerprint density at radius 2 is 1.61 bits per heavy atom. The van der Waals surface area contributed by atoms with Crippen LogP contribution in [-0.4, -0.2) is 4.98 Å². The predicted molar refractivity (Wildman–Crippen MR) is 79.9 cm³/mol. The van der Waals surface area contributed by atoms with Crippen molar-refractivity contribution in [3.05, 3.63) is 75.6 Å². The van der Waals surface area contributed by atoms with E-state index in [9.17, 15) is 17.6 Å². The minimum atomic E-state index is -0.998. The van der Waals surface area contributed by atoms with Crippen LogP contribution in [0.3, 0.4) is 0 Å². The van der Waals surface area contributed by atoms with Gasteiger partial charge in [-0.05, 0) is 29.8 Å². The maximum absolute atomic E-state index is 13.3. The lowest BCUT2D eigenvalue weighted by molar-refractivity contribution is 0.506. The summed E-state index contributed by atoms with van der Waals surface area (Å²) in [5, 5.41) is 2.03. The molecule has 1 atom stereocenters. The number of aromatic nitrogens is 1. The van der Waals surface area contributed by atoms with E-state index in [-0.39, 0.29) is 5.56 Å². The topological polar surface area (TPSA) is 38.9 Å². The summed E-state index contributed by atoms with van der Waals surface area (Å²) in [5.41, 5.74) is 7.00. The van der Waals surface area contributed by atoms with Gasteiger partial charge in [0.05, 0.1) is 11.7 Å². The minimum Gasteiger partial charge on any atom is -0.318 e. The third-order valence-electron chi connectivity index (χ3n) is 3.25. The average molecular weight is 338 g/mol. The number of halogens is 4. The van der Waals surface area contributed by atoms with Crippen LogP contribution in [0.5, 0.6) is 0 Å². The fourth-order valence-corrected chi connectivity index (χ4v) is 2.97. The molecule has 0 saturated carbocycles. The molecule has 2 nitrogen and oxygen atoms in total. The highest BCUT2D eigenvalue weighted by atomic mass is 32.1. The Hall–Kier alpha value is -2.25. The van der Waals surface area contributed by atoms with Gasteiger partial charge in [-0.25, -0.2) is 22.5 Å². The van der Waals surface area contributed by atoms with Gasteiger partial charge in [-0.2, -0.15) is 0 Å². The summed E-state index contributed by atoms with van der Waals surface area (Å²) in [4.78, 5) is 4.24. The van der Waals surface area contributed by atoms with Crippen molar-refractivity contribution in [3.8, 4) is 11.3 Å². The molecular weight excluding hydrogens is 328 g/mol. The number of nitrogens with two attached hydrogens (primary N) is 1. The van der Waals surface area contributed by atoms with Crippen molar-refractivity contribution in [2.45, 2.75) is 6.04 Å².